The maximum Gasteiger partial charge on any atom is 0.220 e. The largest absolute Gasteiger partial charge is 0.387 e. The topological polar surface area (TPSA) is 65.1 Å². The van der Waals surface area contributed by atoms with Crippen LogP contribution in [0.5, 0.6) is 0 Å². The van der Waals surface area contributed by atoms with Gasteiger partial charge in [-0.3, -0.25) is 4.79 Å². The number of rotatable bonds is 7. The number of H-pyrrole nitrogens is 1. The normalized spacial score (nSPS) is 14.0. The number of para-hydroxylation sites is 1. The number of hydrogen-bond acceptors (Lipinski definition) is 3. The number of benzene rings is 1. The Morgan fingerprint density at radius 2 is 2.19 bits per heavy atom. The van der Waals surface area contributed by atoms with Gasteiger partial charge in [0, 0.05) is 35.8 Å². The highest BCUT2D eigenvalue weighted by Gasteiger charge is 2.20. The summed E-state index contributed by atoms with van der Waals surface area (Å²) in [5, 5.41) is 14.0. The monoisotopic (exact) mass is 306 g/mol. The molecular formula is C16H22N2O2S. The first-order valence-corrected chi connectivity index (χ1v) is 8.44. The molecule has 3 N–H and O–H groups in total. The molecule has 114 valence electrons. The lowest BCUT2D eigenvalue weighted by Crippen LogP contribution is -2.42. The zero-order valence-electron chi connectivity index (χ0n) is 12.5. The van der Waals surface area contributed by atoms with E-state index in [1.165, 1.54) is 5.39 Å². The van der Waals surface area contributed by atoms with Crippen LogP contribution in [-0.2, 0) is 11.2 Å². The van der Waals surface area contributed by atoms with E-state index in [0.717, 1.165) is 11.1 Å². The predicted molar refractivity (Wildman–Crippen MR) is 88.6 cm³/mol. The Hall–Kier alpha value is -1.46. The van der Waals surface area contributed by atoms with Crippen molar-refractivity contribution in [3.8, 4) is 0 Å². The van der Waals surface area contributed by atoms with Crippen molar-refractivity contribution in [2.45, 2.75) is 25.4 Å². The van der Waals surface area contributed by atoms with E-state index in [9.17, 15) is 9.90 Å². The van der Waals surface area contributed by atoms with Crippen LogP contribution in [0.25, 0.3) is 10.9 Å². The van der Waals surface area contributed by atoms with Gasteiger partial charge >= 0.3 is 0 Å². The number of carbonyl (C=O) groups is 1. The molecular weight excluding hydrogens is 284 g/mol. The average molecular weight is 306 g/mol. The lowest BCUT2D eigenvalue weighted by atomic mass is 10.1. The number of aryl methyl sites for hydroxylation is 1. The van der Waals surface area contributed by atoms with Crippen molar-refractivity contribution < 1.29 is 9.90 Å². The number of thioether (sulfide) groups is 1. The Morgan fingerprint density at radius 3 is 2.95 bits per heavy atom. The van der Waals surface area contributed by atoms with Crippen LogP contribution in [0.4, 0.5) is 0 Å². The summed E-state index contributed by atoms with van der Waals surface area (Å²) in [4.78, 5) is 15.1. The smallest absolute Gasteiger partial charge is 0.220 e. The Kier molecular flexibility index (Phi) is 5.31. The minimum absolute atomic E-state index is 0.0262. The Balaban J connectivity index is 1.84. The van der Waals surface area contributed by atoms with Crippen LogP contribution in [0.1, 0.15) is 18.9 Å². The molecule has 2 aromatic rings. The second-order valence-corrected chi connectivity index (χ2v) is 6.43. The number of aromatic amines is 1. The standard InChI is InChI=1S/C16H22N2O2S/c1-16(20,11-21-2)10-18-15(19)8-7-12-9-17-14-6-4-3-5-13(12)14/h3-6,9,17,20H,7-8,10-11H2,1-2H3,(H,18,19). The molecule has 0 saturated heterocycles. The van der Waals surface area contributed by atoms with Gasteiger partial charge in [-0.1, -0.05) is 18.2 Å². The molecule has 1 aromatic heterocycles. The average Bonchev–Trinajstić information content (AvgIpc) is 2.86. The molecule has 0 spiro atoms. The second kappa shape index (κ2) is 7.00. The third-order valence-electron chi connectivity index (χ3n) is 3.42. The maximum absolute atomic E-state index is 11.9. The van der Waals surface area contributed by atoms with Gasteiger partial charge in [0.15, 0.2) is 0 Å². The van der Waals surface area contributed by atoms with E-state index in [1.807, 2.05) is 30.7 Å². The molecule has 2 rings (SSSR count). The summed E-state index contributed by atoms with van der Waals surface area (Å²) in [5.74, 6) is 0.581. The van der Waals surface area contributed by atoms with E-state index in [4.69, 9.17) is 0 Å². The number of aliphatic hydroxyl groups is 1. The van der Waals surface area contributed by atoms with Crippen molar-refractivity contribution in [1.29, 1.82) is 0 Å². The predicted octanol–water partition coefficient (Wildman–Crippen LogP) is 2.33. The van der Waals surface area contributed by atoms with E-state index >= 15 is 0 Å². The summed E-state index contributed by atoms with van der Waals surface area (Å²) in [6, 6.07) is 8.07. The zero-order valence-corrected chi connectivity index (χ0v) is 13.3. The molecule has 1 atom stereocenters. The van der Waals surface area contributed by atoms with E-state index in [0.29, 0.717) is 25.1 Å². The number of carbonyl (C=O) groups excluding carboxylic acids is 1. The van der Waals surface area contributed by atoms with Gasteiger partial charge in [-0.05, 0) is 31.2 Å². The summed E-state index contributed by atoms with van der Waals surface area (Å²) in [7, 11) is 0. The highest BCUT2D eigenvalue weighted by Crippen LogP contribution is 2.18. The summed E-state index contributed by atoms with van der Waals surface area (Å²) >= 11 is 1.57. The van der Waals surface area contributed by atoms with Crippen molar-refractivity contribution in [1.82, 2.24) is 10.3 Å². The molecule has 0 aliphatic rings. The van der Waals surface area contributed by atoms with Gasteiger partial charge in [-0.2, -0.15) is 11.8 Å². The van der Waals surface area contributed by atoms with E-state index in [-0.39, 0.29) is 5.91 Å². The number of amides is 1. The van der Waals surface area contributed by atoms with Gasteiger partial charge < -0.3 is 15.4 Å². The molecule has 5 heteroatoms. The molecule has 0 radical (unpaired) electrons. The van der Waals surface area contributed by atoms with Gasteiger partial charge in [-0.25, -0.2) is 0 Å². The minimum atomic E-state index is -0.851. The molecule has 0 saturated carbocycles. The highest BCUT2D eigenvalue weighted by atomic mass is 32.2. The van der Waals surface area contributed by atoms with E-state index < -0.39 is 5.60 Å². The summed E-state index contributed by atoms with van der Waals surface area (Å²) in [6.45, 7) is 2.03. The molecule has 1 aromatic carbocycles. The van der Waals surface area contributed by atoms with Gasteiger partial charge in [0.1, 0.15) is 0 Å². The molecule has 1 unspecified atom stereocenters. The van der Waals surface area contributed by atoms with Crippen molar-refractivity contribution in [3.05, 3.63) is 36.0 Å². The Morgan fingerprint density at radius 1 is 1.43 bits per heavy atom. The molecule has 0 aliphatic heterocycles. The fourth-order valence-corrected chi connectivity index (χ4v) is 3.05. The number of nitrogens with one attached hydrogen (secondary N) is 2. The summed E-state index contributed by atoms with van der Waals surface area (Å²) < 4.78 is 0. The van der Waals surface area contributed by atoms with Crippen LogP contribution >= 0.6 is 11.8 Å². The van der Waals surface area contributed by atoms with Crippen LogP contribution < -0.4 is 5.32 Å². The number of fused-ring (bicyclic) bond motifs is 1. The fraction of sp³-hybridized carbons (Fsp3) is 0.438. The molecule has 1 heterocycles. The number of hydrogen-bond donors (Lipinski definition) is 3. The molecule has 0 fully saturated rings. The third-order valence-corrected chi connectivity index (χ3v) is 4.33. The lowest BCUT2D eigenvalue weighted by Gasteiger charge is -2.22. The van der Waals surface area contributed by atoms with Crippen molar-refractivity contribution >= 4 is 28.6 Å². The van der Waals surface area contributed by atoms with E-state index in [1.54, 1.807) is 18.7 Å². The molecule has 21 heavy (non-hydrogen) atoms. The van der Waals surface area contributed by atoms with Crippen LogP contribution in [0, 0.1) is 0 Å². The second-order valence-electron chi connectivity index (χ2n) is 5.57. The highest BCUT2D eigenvalue weighted by molar-refractivity contribution is 7.98. The van der Waals surface area contributed by atoms with Crippen molar-refractivity contribution in [2.75, 3.05) is 18.6 Å². The maximum atomic E-state index is 11.9. The lowest BCUT2D eigenvalue weighted by molar-refractivity contribution is -0.122. The molecule has 4 nitrogen and oxygen atoms in total. The van der Waals surface area contributed by atoms with Gasteiger partial charge in [0.05, 0.1) is 5.60 Å². The first kappa shape index (κ1) is 15.9. The first-order chi connectivity index (χ1) is 10.0. The van der Waals surface area contributed by atoms with Crippen LogP contribution in [-0.4, -0.2) is 40.2 Å². The quantitative estimate of drug-likeness (QED) is 0.735. The first-order valence-electron chi connectivity index (χ1n) is 7.05. The summed E-state index contributed by atoms with van der Waals surface area (Å²) in [6.07, 6.45) is 5.02. The fourth-order valence-electron chi connectivity index (χ4n) is 2.33. The third kappa shape index (κ3) is 4.51. The van der Waals surface area contributed by atoms with Crippen LogP contribution in [0.3, 0.4) is 0 Å². The number of aromatic nitrogens is 1. The van der Waals surface area contributed by atoms with Crippen LogP contribution in [0.2, 0.25) is 0 Å². The van der Waals surface area contributed by atoms with E-state index in [2.05, 4.69) is 16.4 Å². The minimum Gasteiger partial charge on any atom is -0.387 e. The zero-order chi connectivity index (χ0) is 15.3. The Labute approximate surface area is 129 Å². The Bertz CT molecular complexity index is 607. The molecule has 1 amide bonds. The van der Waals surface area contributed by atoms with Crippen molar-refractivity contribution in [3.63, 3.8) is 0 Å². The SMILES string of the molecule is CSCC(C)(O)CNC(=O)CCc1c[nH]c2ccccc12. The van der Waals surface area contributed by atoms with Crippen LogP contribution in [0.15, 0.2) is 30.5 Å². The van der Waals surface area contributed by atoms with Gasteiger partial charge in [0.25, 0.3) is 0 Å². The summed E-state index contributed by atoms with van der Waals surface area (Å²) in [5.41, 5.74) is 1.39. The molecule has 0 bridgehead atoms. The van der Waals surface area contributed by atoms with Crippen molar-refractivity contribution in [2.24, 2.45) is 0 Å². The molecule has 0 aliphatic carbocycles. The van der Waals surface area contributed by atoms with Gasteiger partial charge in [-0.15, -0.1) is 0 Å². The van der Waals surface area contributed by atoms with Gasteiger partial charge in [0.2, 0.25) is 5.91 Å².